The first-order valence-corrected chi connectivity index (χ1v) is 8.83. The molecule has 1 amide bonds. The van der Waals surface area contributed by atoms with Gasteiger partial charge in [0, 0.05) is 10.5 Å². The molecular formula is C15H16BrN3O2S. The maximum atomic E-state index is 12.4. The minimum absolute atomic E-state index is 0.0606. The molecule has 0 spiro atoms. The molecule has 5 nitrogen and oxygen atoms in total. The number of anilines is 1. The molecule has 2 N–H and O–H groups in total. The smallest absolute Gasteiger partial charge is 0.270 e. The Kier molecular flexibility index (Phi) is 4.18. The molecule has 1 unspecified atom stereocenters. The number of carbonyl (C=O) groups excluding carboxylic acids is 1. The van der Waals surface area contributed by atoms with E-state index in [-0.39, 0.29) is 22.8 Å². The molecule has 0 aliphatic carbocycles. The van der Waals surface area contributed by atoms with Gasteiger partial charge in [-0.3, -0.25) is 19.4 Å². The number of nitrogens with zero attached hydrogens (tertiary/aromatic N) is 1. The second-order valence-corrected chi connectivity index (χ2v) is 7.47. The Morgan fingerprint density at radius 1 is 1.27 bits per heavy atom. The third-order valence-corrected chi connectivity index (χ3v) is 5.35. The van der Waals surface area contributed by atoms with Crippen LogP contribution < -0.4 is 10.9 Å². The lowest BCUT2D eigenvalue weighted by atomic mass is 10.1. The van der Waals surface area contributed by atoms with Gasteiger partial charge < -0.3 is 5.32 Å². The molecule has 116 valence electrons. The average molecular weight is 382 g/mol. The third-order valence-electron chi connectivity index (χ3n) is 3.55. The van der Waals surface area contributed by atoms with Crippen LogP contribution >= 0.6 is 27.7 Å². The molecule has 1 aliphatic rings. The van der Waals surface area contributed by atoms with E-state index in [2.05, 4.69) is 26.3 Å². The first-order chi connectivity index (χ1) is 10.5. The van der Waals surface area contributed by atoms with Crippen LogP contribution in [0.2, 0.25) is 0 Å². The summed E-state index contributed by atoms with van der Waals surface area (Å²) in [5.74, 6) is 0.828. The minimum Gasteiger partial charge on any atom is -0.310 e. The fourth-order valence-electron chi connectivity index (χ4n) is 2.53. The third kappa shape index (κ3) is 2.75. The van der Waals surface area contributed by atoms with Crippen LogP contribution in [0.4, 0.5) is 5.82 Å². The molecule has 1 aromatic carbocycles. The van der Waals surface area contributed by atoms with Crippen molar-refractivity contribution in [3.05, 3.63) is 50.2 Å². The van der Waals surface area contributed by atoms with Gasteiger partial charge in [-0.05, 0) is 31.5 Å². The Labute approximate surface area is 140 Å². The topological polar surface area (TPSA) is 66.9 Å². The number of fused-ring (bicyclic) bond motifs is 1. The number of aromatic nitrogens is 2. The highest BCUT2D eigenvalue weighted by atomic mass is 79.9. The molecule has 22 heavy (non-hydrogen) atoms. The number of halogens is 1. The van der Waals surface area contributed by atoms with Gasteiger partial charge in [0.2, 0.25) is 5.91 Å². The number of carbonyl (C=O) groups is 1. The van der Waals surface area contributed by atoms with E-state index in [9.17, 15) is 9.59 Å². The van der Waals surface area contributed by atoms with E-state index in [4.69, 9.17) is 0 Å². The maximum Gasteiger partial charge on any atom is 0.270 e. The SMILES string of the molecule is CC(C)n1[nH]c(=O)c2c1NC(=O)CSC2c1ccc(Br)cc1. The van der Waals surface area contributed by atoms with E-state index in [0.29, 0.717) is 17.1 Å². The van der Waals surface area contributed by atoms with Crippen molar-refractivity contribution >= 4 is 39.4 Å². The standard InChI is InChI=1S/C15H16BrN3O2S/c1-8(2)19-14-12(15(21)18-19)13(22-7-11(20)17-14)9-3-5-10(16)6-4-9/h3-6,8,13H,7H2,1-2H3,(H,17,20)(H,18,21). The quantitative estimate of drug-likeness (QED) is 0.838. The Hall–Kier alpha value is -1.47. The van der Waals surface area contributed by atoms with Crippen LogP contribution in [0.5, 0.6) is 0 Å². The van der Waals surface area contributed by atoms with Crippen LogP contribution in [0.15, 0.2) is 33.5 Å². The molecule has 1 aromatic heterocycles. The molecule has 0 saturated heterocycles. The van der Waals surface area contributed by atoms with Crippen molar-refractivity contribution < 1.29 is 4.79 Å². The van der Waals surface area contributed by atoms with E-state index in [1.807, 2.05) is 38.1 Å². The Balaban J connectivity index is 2.17. The lowest BCUT2D eigenvalue weighted by Crippen LogP contribution is -2.17. The van der Waals surface area contributed by atoms with Gasteiger partial charge in [0.05, 0.1) is 16.6 Å². The van der Waals surface area contributed by atoms with Crippen molar-refractivity contribution in [3.63, 3.8) is 0 Å². The lowest BCUT2D eigenvalue weighted by Gasteiger charge is -2.15. The number of H-pyrrole nitrogens is 1. The molecule has 0 bridgehead atoms. The van der Waals surface area contributed by atoms with Crippen LogP contribution in [0.3, 0.4) is 0 Å². The van der Waals surface area contributed by atoms with Crippen molar-refractivity contribution in [2.75, 3.05) is 11.1 Å². The molecule has 2 aromatic rings. The van der Waals surface area contributed by atoms with E-state index >= 15 is 0 Å². The van der Waals surface area contributed by atoms with Gasteiger partial charge in [-0.2, -0.15) is 0 Å². The van der Waals surface area contributed by atoms with Crippen LogP contribution in [-0.4, -0.2) is 21.4 Å². The van der Waals surface area contributed by atoms with Crippen LogP contribution in [0.25, 0.3) is 0 Å². The molecule has 0 saturated carbocycles. The number of benzene rings is 1. The molecule has 0 radical (unpaired) electrons. The van der Waals surface area contributed by atoms with Crippen LogP contribution in [0.1, 0.15) is 36.3 Å². The molecule has 7 heteroatoms. The van der Waals surface area contributed by atoms with Crippen molar-refractivity contribution in [2.24, 2.45) is 0 Å². The maximum absolute atomic E-state index is 12.4. The number of thioether (sulfide) groups is 1. The van der Waals surface area contributed by atoms with Crippen molar-refractivity contribution in [2.45, 2.75) is 25.1 Å². The highest BCUT2D eigenvalue weighted by Crippen LogP contribution is 2.40. The average Bonchev–Trinajstić information content (AvgIpc) is 2.68. The van der Waals surface area contributed by atoms with E-state index in [1.165, 1.54) is 11.8 Å². The molecule has 1 atom stereocenters. The number of amides is 1. The fraction of sp³-hybridized carbons (Fsp3) is 0.333. The predicted octanol–water partition coefficient (Wildman–Crippen LogP) is 3.29. The number of hydrogen-bond donors (Lipinski definition) is 2. The van der Waals surface area contributed by atoms with Gasteiger partial charge in [-0.15, -0.1) is 11.8 Å². The normalized spacial score (nSPS) is 18.0. The summed E-state index contributed by atoms with van der Waals surface area (Å²) >= 11 is 4.89. The van der Waals surface area contributed by atoms with Crippen molar-refractivity contribution in [1.82, 2.24) is 9.78 Å². The van der Waals surface area contributed by atoms with Gasteiger partial charge >= 0.3 is 0 Å². The summed E-state index contributed by atoms with van der Waals surface area (Å²) in [4.78, 5) is 24.4. The predicted molar refractivity (Wildman–Crippen MR) is 92.5 cm³/mol. The summed E-state index contributed by atoms with van der Waals surface area (Å²) in [5.41, 5.74) is 1.48. The summed E-state index contributed by atoms with van der Waals surface area (Å²) in [5, 5.41) is 5.54. The van der Waals surface area contributed by atoms with Crippen LogP contribution in [0, 0.1) is 0 Å². The molecule has 1 aliphatic heterocycles. The molecule has 0 fully saturated rings. The van der Waals surface area contributed by atoms with E-state index in [1.54, 1.807) is 4.68 Å². The highest BCUT2D eigenvalue weighted by molar-refractivity contribution is 9.10. The van der Waals surface area contributed by atoms with Gasteiger partial charge in [-0.25, -0.2) is 0 Å². The fourth-order valence-corrected chi connectivity index (χ4v) is 3.92. The zero-order valence-electron chi connectivity index (χ0n) is 12.2. The first kappa shape index (κ1) is 15.4. The zero-order valence-corrected chi connectivity index (χ0v) is 14.6. The van der Waals surface area contributed by atoms with Gasteiger partial charge in [0.1, 0.15) is 5.82 Å². The minimum atomic E-state index is -0.161. The van der Waals surface area contributed by atoms with Crippen LogP contribution in [-0.2, 0) is 4.79 Å². The first-order valence-electron chi connectivity index (χ1n) is 6.98. The van der Waals surface area contributed by atoms with E-state index in [0.717, 1.165) is 10.0 Å². The van der Waals surface area contributed by atoms with Gasteiger partial charge in [0.25, 0.3) is 5.56 Å². The van der Waals surface area contributed by atoms with Gasteiger partial charge in [-0.1, -0.05) is 28.1 Å². The summed E-state index contributed by atoms with van der Waals surface area (Å²) < 4.78 is 2.71. The lowest BCUT2D eigenvalue weighted by molar-refractivity contribution is -0.113. The second-order valence-electron chi connectivity index (χ2n) is 5.46. The monoisotopic (exact) mass is 381 g/mol. The molecule has 2 heterocycles. The Morgan fingerprint density at radius 2 is 1.95 bits per heavy atom. The second kappa shape index (κ2) is 5.96. The highest BCUT2D eigenvalue weighted by Gasteiger charge is 2.30. The number of nitrogens with one attached hydrogen (secondary N) is 2. The largest absolute Gasteiger partial charge is 0.310 e. The summed E-state index contributed by atoms with van der Waals surface area (Å²) in [6, 6.07) is 7.92. The summed E-state index contributed by atoms with van der Waals surface area (Å²) in [6.45, 7) is 3.93. The Morgan fingerprint density at radius 3 is 2.59 bits per heavy atom. The van der Waals surface area contributed by atoms with Crippen molar-refractivity contribution in [1.29, 1.82) is 0 Å². The summed E-state index contributed by atoms with van der Waals surface area (Å²) in [7, 11) is 0. The summed E-state index contributed by atoms with van der Waals surface area (Å²) in [6.07, 6.45) is 0. The van der Waals surface area contributed by atoms with Gasteiger partial charge in [0.15, 0.2) is 0 Å². The zero-order chi connectivity index (χ0) is 15.9. The molecular weight excluding hydrogens is 366 g/mol. The number of aromatic amines is 1. The van der Waals surface area contributed by atoms with E-state index < -0.39 is 0 Å². The molecule has 3 rings (SSSR count). The van der Waals surface area contributed by atoms with Crippen molar-refractivity contribution in [3.8, 4) is 0 Å². The number of hydrogen-bond acceptors (Lipinski definition) is 3. The Bertz CT molecular complexity index is 764. The number of rotatable bonds is 2.